The molecule has 0 saturated carbocycles. The molecule has 0 bridgehead atoms. The van der Waals surface area contributed by atoms with Gasteiger partial charge in [0.1, 0.15) is 35.7 Å². The normalized spacial score (nSPS) is 13.7. The molecule has 4 amide bonds. The second-order valence-corrected chi connectivity index (χ2v) is 29.4. The zero-order valence-electron chi connectivity index (χ0n) is 67.3. The largest absolute Gasteiger partial charge is 0.408 e. The number of anilines is 4. The van der Waals surface area contributed by atoms with Crippen molar-refractivity contribution in [1.82, 2.24) is 24.8 Å². The van der Waals surface area contributed by atoms with Crippen LogP contribution in [0.1, 0.15) is 90.4 Å². The molecule has 24 nitrogen and oxygen atoms in total. The van der Waals surface area contributed by atoms with E-state index >= 15 is 0 Å². The molecule has 14 rings (SSSR count). The van der Waals surface area contributed by atoms with Gasteiger partial charge in [0.05, 0.1) is 61.6 Å². The van der Waals surface area contributed by atoms with Crippen LogP contribution in [0, 0.1) is 5.41 Å². The molecule has 1 fully saturated rings. The number of hydrogen-bond acceptors (Lipinski definition) is 16. The van der Waals surface area contributed by atoms with Gasteiger partial charge in [0, 0.05) is 167 Å². The van der Waals surface area contributed by atoms with Gasteiger partial charge in [0.15, 0.2) is 0 Å². The van der Waals surface area contributed by atoms with Crippen LogP contribution in [0.25, 0.3) is 45.0 Å². The molecule has 632 valence electrons. The van der Waals surface area contributed by atoms with Crippen molar-refractivity contribution in [2.24, 2.45) is 42.2 Å². The number of methoxy groups -OCH3 is 1. The van der Waals surface area contributed by atoms with Gasteiger partial charge in [0.25, 0.3) is 23.6 Å². The van der Waals surface area contributed by atoms with Gasteiger partial charge in [-0.2, -0.15) is 13.2 Å². The zero-order chi connectivity index (χ0) is 88.1. The quantitative estimate of drug-likeness (QED) is 0.0158. The molecule has 0 spiro atoms. The number of benzene rings is 8. The number of aromatic nitrogens is 4. The molecule has 11 N–H and O–H groups in total. The van der Waals surface area contributed by atoms with Crippen LogP contribution in [0.15, 0.2) is 292 Å². The van der Waals surface area contributed by atoms with Crippen molar-refractivity contribution in [3.63, 3.8) is 0 Å². The molecule has 6 heterocycles. The summed E-state index contributed by atoms with van der Waals surface area (Å²) in [7, 11) is 1.65. The fourth-order valence-electron chi connectivity index (χ4n) is 12.4. The molecule has 1 saturated heterocycles. The number of nitrogens with one attached hydrogen (secondary N) is 5. The molecule has 2 unspecified atom stereocenters. The predicted octanol–water partition coefficient (Wildman–Crippen LogP) is 18.6. The standard InChI is InChI=1S/C25H25ClN4O2.C24H21ClN6O.C23H23ClN4O2.C21H16ClF3N4O/c1-16-14-30(15-17(2)32-16)24(27)18-6-8-19(9-7-18)25(31)29-20-10-11-22(26)21(13-20)23-5-3-4-12-28-23;25-20-9-8-18(15-19(20)21-3-1-2-11-27-21)31-24(32)17-6-4-16(5-7-17)23(26)30-12-10-22-28-13-14-29-22;1-30-14-4-13-27-22(25)16-6-8-17(9-7-16)23(29)28-18-10-11-20(24)19(15-18)21-5-2-3-12-26-21;22-17-9-8-15(11-16(17)18-3-1-2-10-27-18)29-20(30)14-6-4-13(5-7-14)19(26)28-12-21(23,24)25/h3-13,16-17,27H,14-15H2,1-2H3,(H,29,31);1-9,11,13,15H,10,12,14H2,(H2,26,30)(H,31,32);2-3,5-12,15H,4,13-14H2,1H3,(H2,25,27)(H,28,29);1-11H,12H2,(H2,26,28)(H,29,30). The number of carbonyl (C=O) groups excluding carboxylic acids is 4. The van der Waals surface area contributed by atoms with Gasteiger partial charge in [-0.15, -0.1) is 0 Å². The molecule has 8 aromatic carbocycles. The number of nitrogens with zero attached hydrogens (tertiary/aromatic N) is 10. The van der Waals surface area contributed by atoms with Crippen LogP contribution in [0.2, 0.25) is 20.1 Å². The molecule has 12 aromatic rings. The Kier molecular flexibility index (Phi) is 32.9. The molecule has 4 aromatic heterocycles. The van der Waals surface area contributed by atoms with E-state index in [1.165, 1.54) is 24.3 Å². The average molecular weight is 1750 g/mol. The summed E-state index contributed by atoms with van der Waals surface area (Å²) in [5.74, 6) is 0.737. The smallest absolute Gasteiger partial charge is 0.385 e. The number of halogens is 7. The van der Waals surface area contributed by atoms with Gasteiger partial charge in [0.2, 0.25) is 0 Å². The second kappa shape index (κ2) is 44.7. The molecule has 2 aliphatic rings. The van der Waals surface area contributed by atoms with E-state index in [1.54, 1.807) is 172 Å². The van der Waals surface area contributed by atoms with Gasteiger partial charge in [-0.1, -0.05) is 119 Å². The maximum absolute atomic E-state index is 12.8. The Labute approximate surface area is 734 Å². The van der Waals surface area contributed by atoms with Crippen molar-refractivity contribution in [3.8, 4) is 45.0 Å². The fourth-order valence-corrected chi connectivity index (χ4v) is 13.3. The number of aliphatic imine (C=N–C) groups is 5. The van der Waals surface area contributed by atoms with E-state index in [4.69, 9.17) is 78.5 Å². The van der Waals surface area contributed by atoms with Crippen molar-refractivity contribution in [2.45, 2.75) is 45.1 Å². The minimum Gasteiger partial charge on any atom is -0.385 e. The molecule has 31 heteroatoms. The Hall–Kier alpha value is -13.7. The van der Waals surface area contributed by atoms with Crippen molar-refractivity contribution < 1.29 is 41.8 Å². The van der Waals surface area contributed by atoms with E-state index in [0.717, 1.165) is 62.7 Å². The van der Waals surface area contributed by atoms with Crippen LogP contribution in [0.4, 0.5) is 35.9 Å². The molecular weight excluding hydrogens is 1660 g/mol. The van der Waals surface area contributed by atoms with Gasteiger partial charge < -0.3 is 52.8 Å². The summed E-state index contributed by atoms with van der Waals surface area (Å²) in [6, 6.07) is 70.0. The van der Waals surface area contributed by atoms with Crippen molar-refractivity contribution >= 4 is 128 Å². The van der Waals surface area contributed by atoms with Gasteiger partial charge in [-0.3, -0.25) is 64.5 Å². The minimum absolute atomic E-state index is 0.0829. The fraction of sp³-hybridized carbons (Fsp3) is 0.161. The first-order valence-electron chi connectivity index (χ1n) is 38.8. The molecule has 0 aliphatic carbocycles. The van der Waals surface area contributed by atoms with Crippen molar-refractivity contribution in [3.05, 3.63) is 332 Å². The third kappa shape index (κ3) is 26.9. The third-order valence-electron chi connectivity index (χ3n) is 18.6. The summed E-state index contributed by atoms with van der Waals surface area (Å²) in [6.45, 7) is 6.41. The highest BCUT2D eigenvalue weighted by atomic mass is 35.5. The Bertz CT molecular complexity index is 5840. The van der Waals surface area contributed by atoms with E-state index < -0.39 is 18.6 Å². The summed E-state index contributed by atoms with van der Waals surface area (Å²) in [6.07, 6.45) is 5.70. The summed E-state index contributed by atoms with van der Waals surface area (Å²) >= 11 is 25.2. The topological polar surface area (TPSA) is 353 Å². The first-order valence-corrected chi connectivity index (χ1v) is 40.3. The number of rotatable bonds is 24. The number of ether oxygens (including phenoxy) is 2. The van der Waals surface area contributed by atoms with E-state index in [2.05, 4.69) is 66.2 Å². The summed E-state index contributed by atoms with van der Waals surface area (Å²) in [4.78, 5) is 90.2. The van der Waals surface area contributed by atoms with Crippen molar-refractivity contribution in [2.75, 3.05) is 74.3 Å². The molecule has 2 aliphatic heterocycles. The highest BCUT2D eigenvalue weighted by Gasteiger charge is 2.28. The van der Waals surface area contributed by atoms with Crippen LogP contribution in [0.5, 0.6) is 0 Å². The van der Waals surface area contributed by atoms with Crippen LogP contribution in [0.3, 0.4) is 0 Å². The molecule has 0 radical (unpaired) electrons. The number of hydrogen-bond donors (Lipinski definition) is 8. The highest BCUT2D eigenvalue weighted by Crippen LogP contribution is 2.34. The van der Waals surface area contributed by atoms with Gasteiger partial charge in [-0.25, -0.2) is 4.99 Å². The monoisotopic (exact) mass is 1750 g/mol. The maximum Gasteiger partial charge on any atom is 0.408 e. The number of morpholine rings is 1. The summed E-state index contributed by atoms with van der Waals surface area (Å²) in [5, 5.41) is 22.2. The zero-order valence-corrected chi connectivity index (χ0v) is 70.3. The lowest BCUT2D eigenvalue weighted by molar-refractivity contribution is -0.118. The maximum atomic E-state index is 12.8. The van der Waals surface area contributed by atoms with Crippen LogP contribution >= 0.6 is 46.4 Å². The van der Waals surface area contributed by atoms with Gasteiger partial charge in [-0.05, 0) is 190 Å². The predicted molar refractivity (Wildman–Crippen MR) is 489 cm³/mol. The van der Waals surface area contributed by atoms with Gasteiger partial charge >= 0.3 is 6.18 Å². The number of amidine groups is 5. The lowest BCUT2D eigenvalue weighted by Gasteiger charge is -2.36. The molecular formula is C93H85Cl4F3N18O6. The molecule has 2 atom stereocenters. The van der Waals surface area contributed by atoms with Crippen LogP contribution < -0.4 is 38.5 Å². The summed E-state index contributed by atoms with van der Waals surface area (Å²) < 4.78 is 47.5. The average Bonchev–Trinajstić information content (AvgIpc) is 1.17. The van der Waals surface area contributed by atoms with Crippen LogP contribution in [-0.2, 0) is 9.47 Å². The van der Waals surface area contributed by atoms with E-state index in [9.17, 15) is 32.3 Å². The van der Waals surface area contributed by atoms with E-state index in [-0.39, 0.29) is 35.8 Å². The van der Waals surface area contributed by atoms with E-state index in [1.807, 2.05) is 104 Å². The first-order chi connectivity index (χ1) is 59.8. The highest BCUT2D eigenvalue weighted by molar-refractivity contribution is 6.35. The third-order valence-corrected chi connectivity index (χ3v) is 19.9. The lowest BCUT2D eigenvalue weighted by Crippen LogP contribution is -2.48. The molecule has 124 heavy (non-hydrogen) atoms. The Balaban J connectivity index is 0.000000161. The van der Waals surface area contributed by atoms with Crippen LogP contribution in [-0.4, -0.2) is 155 Å². The lowest BCUT2D eigenvalue weighted by atomic mass is 10.1. The minimum atomic E-state index is -4.43. The Morgan fingerprint density at radius 1 is 0.460 bits per heavy atom. The van der Waals surface area contributed by atoms with E-state index in [0.29, 0.717) is 145 Å². The van der Waals surface area contributed by atoms with Crippen molar-refractivity contribution in [1.29, 1.82) is 5.41 Å². The number of nitrogens with two attached hydrogens (primary N) is 3. The number of carbonyl (C=O) groups is 4. The number of pyridine rings is 4. The Morgan fingerprint density at radius 3 is 1.07 bits per heavy atom. The number of amides is 4. The Morgan fingerprint density at radius 2 is 0.774 bits per heavy atom. The SMILES string of the molecule is CC1CN(C(=N)c2ccc(C(=O)Nc3ccc(Cl)c(-c4ccccn4)c3)cc2)CC(C)O1.COCCCN=C(N)c1ccc(C(=O)Nc2ccc(Cl)c(-c3ccccn3)c2)cc1.NC(=NCC(F)(F)F)c1ccc(C(=O)Nc2ccc(Cl)c(-c3ccccn3)c2)cc1.NC(=NCCC1=NCC=N1)c1ccc(C(=O)Nc2ccc(Cl)c(-c3ccccn3)c2)cc1. The second-order valence-electron chi connectivity index (χ2n) is 27.8. The first kappa shape index (κ1) is 91.1. The summed E-state index contributed by atoms with van der Waals surface area (Å²) in [5.41, 5.74) is 30.3. The number of alkyl halides is 3.